The van der Waals surface area contributed by atoms with E-state index >= 15 is 0 Å². The molecule has 1 rings (SSSR count). The third kappa shape index (κ3) is 6.66. The van der Waals surface area contributed by atoms with Crippen molar-refractivity contribution in [1.82, 2.24) is 15.8 Å². The normalized spacial score (nSPS) is 21.6. The van der Waals surface area contributed by atoms with Crippen molar-refractivity contribution in [3.63, 3.8) is 0 Å². The molecule has 1 saturated heterocycles. The molecule has 2 atom stereocenters. The lowest BCUT2D eigenvalue weighted by atomic mass is 9.83. The number of esters is 1. The number of primary amides is 1. The molecule has 0 spiro atoms. The highest BCUT2D eigenvalue weighted by Gasteiger charge is 2.61. The molecule has 2 unspecified atom stereocenters. The van der Waals surface area contributed by atoms with Crippen LogP contribution in [0.1, 0.15) is 41.5 Å². The molecule has 0 aromatic carbocycles. The minimum atomic E-state index is -1.72. The van der Waals surface area contributed by atoms with Gasteiger partial charge in [0.05, 0.1) is 18.0 Å². The minimum Gasteiger partial charge on any atom is -0.465 e. The zero-order chi connectivity index (χ0) is 25.6. The van der Waals surface area contributed by atoms with Crippen LogP contribution in [0.5, 0.6) is 0 Å². The largest absolute Gasteiger partial charge is 0.465 e. The zero-order valence-corrected chi connectivity index (χ0v) is 20.8. The monoisotopic (exact) mass is 485 g/mol. The summed E-state index contributed by atoms with van der Waals surface area (Å²) >= 11 is 0.947. The average molecular weight is 486 g/mol. The Labute approximate surface area is 196 Å². The molecular weight excluding hydrogens is 454 g/mol. The molecule has 0 aromatic rings. The summed E-state index contributed by atoms with van der Waals surface area (Å²) in [5, 5.41) is 8.21. The van der Waals surface area contributed by atoms with Gasteiger partial charge in [-0.25, -0.2) is 20.4 Å². The van der Waals surface area contributed by atoms with Crippen molar-refractivity contribution in [3.8, 4) is 0 Å². The first-order chi connectivity index (χ1) is 15.2. The molecule has 14 heteroatoms. The molecular formula is C19H31N7O6S. The first kappa shape index (κ1) is 27.9. The van der Waals surface area contributed by atoms with Crippen molar-refractivity contribution < 1.29 is 28.7 Å². The predicted octanol–water partition coefficient (Wildman–Crippen LogP) is 1.04. The van der Waals surface area contributed by atoms with Gasteiger partial charge in [0.1, 0.15) is 11.5 Å². The van der Waals surface area contributed by atoms with Crippen molar-refractivity contribution in [3.05, 3.63) is 0 Å². The van der Waals surface area contributed by atoms with E-state index in [1.807, 2.05) is 0 Å². The van der Waals surface area contributed by atoms with E-state index in [4.69, 9.17) is 15.2 Å². The van der Waals surface area contributed by atoms with Crippen LogP contribution >= 0.6 is 11.8 Å². The number of ether oxygens (including phenoxy) is 2. The summed E-state index contributed by atoms with van der Waals surface area (Å²) in [6.07, 6.45) is -0.849. The molecule has 1 aliphatic heterocycles. The van der Waals surface area contributed by atoms with Gasteiger partial charge in [0, 0.05) is 14.1 Å². The van der Waals surface area contributed by atoms with E-state index in [0.717, 1.165) is 11.8 Å². The van der Waals surface area contributed by atoms with Crippen LogP contribution in [0, 0.1) is 5.92 Å². The number of nitrogens with one attached hydrogen (secondary N) is 2. The van der Waals surface area contributed by atoms with E-state index in [1.165, 1.54) is 32.8 Å². The van der Waals surface area contributed by atoms with Crippen molar-refractivity contribution in [2.45, 2.75) is 51.9 Å². The van der Waals surface area contributed by atoms with Crippen LogP contribution in [0.4, 0.5) is 9.59 Å². The van der Waals surface area contributed by atoms with Gasteiger partial charge in [-0.3, -0.25) is 19.5 Å². The summed E-state index contributed by atoms with van der Waals surface area (Å²) in [4.78, 5) is 55.2. The van der Waals surface area contributed by atoms with Crippen molar-refractivity contribution in [2.24, 2.45) is 26.8 Å². The minimum absolute atomic E-state index is 0.0251. The van der Waals surface area contributed by atoms with Crippen LogP contribution in [0.15, 0.2) is 15.2 Å². The fourth-order valence-corrected chi connectivity index (χ4v) is 4.39. The smallest absolute Gasteiger partial charge is 0.428 e. The van der Waals surface area contributed by atoms with Crippen LogP contribution in [-0.4, -0.2) is 76.5 Å². The lowest BCUT2D eigenvalue weighted by Crippen LogP contribution is -2.55. The number of amidine groups is 1. The molecule has 4 N–H and O–H groups in total. The highest BCUT2D eigenvalue weighted by atomic mass is 32.2. The van der Waals surface area contributed by atoms with Gasteiger partial charge in [-0.2, -0.15) is 10.2 Å². The second-order valence-electron chi connectivity index (χ2n) is 7.93. The lowest BCUT2D eigenvalue weighted by Gasteiger charge is -2.32. The molecule has 13 nitrogen and oxygen atoms in total. The maximum Gasteiger partial charge on any atom is 0.428 e. The number of nitrogens with two attached hydrogens (primary N) is 1. The first-order valence-corrected chi connectivity index (χ1v) is 10.8. The van der Waals surface area contributed by atoms with Crippen LogP contribution in [0.2, 0.25) is 0 Å². The van der Waals surface area contributed by atoms with Crippen molar-refractivity contribution in [1.29, 1.82) is 0 Å². The van der Waals surface area contributed by atoms with E-state index < -0.39 is 40.3 Å². The molecule has 0 aromatic heterocycles. The van der Waals surface area contributed by atoms with Gasteiger partial charge in [-0.15, -0.1) is 0 Å². The Morgan fingerprint density at radius 2 is 1.82 bits per heavy atom. The van der Waals surface area contributed by atoms with E-state index in [0.29, 0.717) is 5.17 Å². The van der Waals surface area contributed by atoms with Gasteiger partial charge in [-0.1, -0.05) is 11.8 Å². The molecule has 184 valence electrons. The van der Waals surface area contributed by atoms with Crippen LogP contribution in [0.25, 0.3) is 0 Å². The summed E-state index contributed by atoms with van der Waals surface area (Å²) in [6, 6.07) is -0.956. The number of nitrogens with zero attached hydrogens (tertiary/aromatic N) is 4. The molecule has 0 bridgehead atoms. The molecule has 0 saturated carbocycles. The summed E-state index contributed by atoms with van der Waals surface area (Å²) in [5.74, 6) is -2.68. The molecule has 1 fully saturated rings. The lowest BCUT2D eigenvalue weighted by molar-refractivity contribution is -0.148. The predicted molar refractivity (Wildman–Crippen MR) is 125 cm³/mol. The number of carbonyl (C=O) groups is 4. The molecule has 1 aliphatic rings. The Kier molecular flexibility index (Phi) is 9.39. The molecule has 0 radical (unpaired) electrons. The van der Waals surface area contributed by atoms with Crippen molar-refractivity contribution >= 4 is 52.4 Å². The molecule has 0 aliphatic carbocycles. The van der Waals surface area contributed by atoms with Gasteiger partial charge in [-0.05, 0) is 41.5 Å². The maximum atomic E-state index is 13.5. The van der Waals surface area contributed by atoms with E-state index in [1.54, 1.807) is 27.7 Å². The SMILES string of the molecule is CCOC(=O)C(/C(C)=N/NC(=O)OC(C)(C)C)C1(/C(C)=N/NC(N)=O)SC(=NC)N(C)C1=O. The third-order valence-electron chi connectivity index (χ3n) is 4.29. The van der Waals surface area contributed by atoms with E-state index in [2.05, 4.69) is 26.0 Å². The summed E-state index contributed by atoms with van der Waals surface area (Å²) in [7, 11) is 2.97. The Morgan fingerprint density at radius 3 is 2.27 bits per heavy atom. The Balaban J connectivity index is 3.63. The zero-order valence-electron chi connectivity index (χ0n) is 20.0. The average Bonchev–Trinajstić information content (AvgIpc) is 2.95. The van der Waals surface area contributed by atoms with Gasteiger partial charge in [0.25, 0.3) is 5.91 Å². The summed E-state index contributed by atoms with van der Waals surface area (Å²) in [6.45, 7) is 9.58. The number of hydrogen-bond donors (Lipinski definition) is 3. The van der Waals surface area contributed by atoms with E-state index in [-0.39, 0.29) is 18.0 Å². The summed E-state index contributed by atoms with van der Waals surface area (Å²) < 4.78 is 8.66. The number of carbonyl (C=O) groups excluding carboxylic acids is 4. The number of urea groups is 1. The van der Waals surface area contributed by atoms with Gasteiger partial charge < -0.3 is 15.2 Å². The molecule has 33 heavy (non-hydrogen) atoms. The number of amides is 4. The van der Waals surface area contributed by atoms with Crippen LogP contribution < -0.4 is 16.6 Å². The maximum absolute atomic E-state index is 13.5. The van der Waals surface area contributed by atoms with Crippen LogP contribution in [-0.2, 0) is 19.1 Å². The van der Waals surface area contributed by atoms with E-state index in [9.17, 15) is 19.2 Å². The van der Waals surface area contributed by atoms with Crippen molar-refractivity contribution in [2.75, 3.05) is 20.7 Å². The Morgan fingerprint density at radius 1 is 1.21 bits per heavy atom. The standard InChI is InChI=1S/C19H31N7O6S/c1-9-31-13(27)12(10(2)22-25-17(30)32-18(4,5)6)19(11(3)23-24-15(20)29)14(28)26(8)16(21-7)33-19/h12H,9H2,1-8H3,(H,25,30)(H3,20,24,29)/b21-16?,22-10+,23-11+. The highest BCUT2D eigenvalue weighted by molar-refractivity contribution is 8.17. The fourth-order valence-electron chi connectivity index (χ4n) is 2.99. The number of rotatable bonds is 7. The van der Waals surface area contributed by atoms with Gasteiger partial charge in [0.2, 0.25) is 0 Å². The second kappa shape index (κ2) is 11.1. The fraction of sp³-hybridized carbons (Fsp3) is 0.632. The number of aliphatic imine (C=N–C) groups is 1. The quantitative estimate of drug-likeness (QED) is 0.274. The molecule has 1 heterocycles. The van der Waals surface area contributed by atoms with Gasteiger partial charge in [0.15, 0.2) is 9.91 Å². The van der Waals surface area contributed by atoms with Gasteiger partial charge >= 0.3 is 18.1 Å². The summed E-state index contributed by atoms with van der Waals surface area (Å²) in [5.41, 5.74) is 8.73. The molecule has 4 amide bonds. The number of thioether (sulfide) groups is 1. The topological polar surface area (TPSA) is 177 Å². The second-order valence-corrected chi connectivity index (χ2v) is 9.15. The third-order valence-corrected chi connectivity index (χ3v) is 5.96. The first-order valence-electron chi connectivity index (χ1n) is 9.95. The van der Waals surface area contributed by atoms with Crippen LogP contribution in [0.3, 0.4) is 0 Å². The Bertz CT molecular complexity index is 896. The number of hydrazone groups is 2. The Hall–Kier alpha value is -3.16. The number of hydrogen-bond acceptors (Lipinski definition) is 10. The highest BCUT2D eigenvalue weighted by Crippen LogP contribution is 2.45.